The van der Waals surface area contributed by atoms with E-state index in [2.05, 4.69) is 6.92 Å². The maximum absolute atomic E-state index is 13.3. The molecular weight excluding hydrogens is 467 g/mol. The number of benzene rings is 2. The average Bonchev–Trinajstić information content (AvgIpc) is 3.47. The van der Waals surface area contributed by atoms with E-state index < -0.39 is 0 Å². The Bertz CT molecular complexity index is 1310. The minimum absolute atomic E-state index is 0.0180. The molecule has 170 valence electrons. The number of halogens is 2. The lowest BCUT2D eigenvalue weighted by atomic mass is 9.81. The summed E-state index contributed by atoms with van der Waals surface area (Å²) in [5, 5.41) is 1.25. The van der Waals surface area contributed by atoms with Crippen molar-refractivity contribution in [2.75, 3.05) is 0 Å². The summed E-state index contributed by atoms with van der Waals surface area (Å²) in [7, 11) is 0. The van der Waals surface area contributed by atoms with Gasteiger partial charge in [0.05, 0.1) is 10.0 Å². The van der Waals surface area contributed by atoms with E-state index in [9.17, 15) is 4.79 Å². The van der Waals surface area contributed by atoms with Crippen LogP contribution in [-0.2, 0) is 4.79 Å². The molecule has 1 saturated carbocycles. The molecule has 3 nitrogen and oxygen atoms in total. The molecule has 0 amide bonds. The van der Waals surface area contributed by atoms with E-state index in [1.165, 1.54) is 0 Å². The topological polar surface area (TPSA) is 43.4 Å². The lowest BCUT2D eigenvalue weighted by Crippen LogP contribution is -2.18. The van der Waals surface area contributed by atoms with E-state index in [0.717, 1.165) is 22.3 Å². The molecule has 5 heteroatoms. The summed E-state index contributed by atoms with van der Waals surface area (Å²) >= 11 is 12.6. The van der Waals surface area contributed by atoms with Crippen molar-refractivity contribution in [3.05, 3.63) is 106 Å². The molecule has 0 unspecified atom stereocenters. The Balaban J connectivity index is 1.41. The summed E-state index contributed by atoms with van der Waals surface area (Å²) in [5.41, 5.74) is 3.10. The van der Waals surface area contributed by atoms with Crippen LogP contribution in [0.25, 0.3) is 34.8 Å². The van der Waals surface area contributed by atoms with Gasteiger partial charge in [-0.15, -0.1) is 0 Å². The maximum Gasteiger partial charge on any atom is 0.185 e. The molecule has 0 atom stereocenters. The molecule has 34 heavy (non-hydrogen) atoms. The van der Waals surface area contributed by atoms with Gasteiger partial charge in [-0.2, -0.15) is 0 Å². The minimum atomic E-state index is 0.0180. The van der Waals surface area contributed by atoms with Gasteiger partial charge in [0, 0.05) is 22.3 Å². The third kappa shape index (κ3) is 4.68. The minimum Gasteiger partial charge on any atom is -0.457 e. The van der Waals surface area contributed by atoms with Crippen LogP contribution in [0.3, 0.4) is 0 Å². The molecular formula is C29H22Cl2O3. The highest BCUT2D eigenvalue weighted by molar-refractivity contribution is 6.33. The van der Waals surface area contributed by atoms with Crippen molar-refractivity contribution >= 4 is 41.1 Å². The van der Waals surface area contributed by atoms with Crippen molar-refractivity contribution in [3.63, 3.8) is 0 Å². The van der Waals surface area contributed by atoms with Crippen molar-refractivity contribution in [2.45, 2.75) is 19.8 Å². The lowest BCUT2D eigenvalue weighted by molar-refractivity contribution is -0.113. The summed E-state index contributed by atoms with van der Waals surface area (Å²) in [6.07, 6.45) is 5.07. The van der Waals surface area contributed by atoms with Gasteiger partial charge < -0.3 is 8.83 Å². The van der Waals surface area contributed by atoms with Gasteiger partial charge in [-0.05, 0) is 79.4 Å². The second-order valence-corrected chi connectivity index (χ2v) is 9.36. The monoisotopic (exact) mass is 488 g/mol. The first-order valence-electron chi connectivity index (χ1n) is 11.1. The predicted molar refractivity (Wildman–Crippen MR) is 138 cm³/mol. The quantitative estimate of drug-likeness (QED) is 0.269. The van der Waals surface area contributed by atoms with Crippen molar-refractivity contribution in [2.24, 2.45) is 5.92 Å². The van der Waals surface area contributed by atoms with Crippen LogP contribution >= 0.6 is 23.2 Å². The van der Waals surface area contributed by atoms with Crippen LogP contribution in [0.4, 0.5) is 0 Å². The number of rotatable bonds is 4. The Morgan fingerprint density at radius 3 is 1.59 bits per heavy atom. The summed E-state index contributed by atoms with van der Waals surface area (Å²) in [4.78, 5) is 13.3. The molecule has 0 radical (unpaired) electrons. The van der Waals surface area contributed by atoms with Gasteiger partial charge >= 0.3 is 0 Å². The van der Waals surface area contributed by atoms with E-state index in [1.54, 1.807) is 0 Å². The Morgan fingerprint density at radius 1 is 0.706 bits per heavy atom. The van der Waals surface area contributed by atoms with Crippen LogP contribution in [0, 0.1) is 5.92 Å². The standard InChI is InChI=1S/C29H22Cl2O3/c1-18-14-19(16-21-10-12-27(33-21)23-6-2-4-8-25(23)30)29(32)20(15-18)17-22-11-13-28(34-22)24-7-3-5-9-26(24)31/h2-13,16-18H,14-15H2,1H3/b19-16+,20-17+. The van der Waals surface area contributed by atoms with Crippen molar-refractivity contribution in [1.82, 2.24) is 0 Å². The van der Waals surface area contributed by atoms with E-state index in [4.69, 9.17) is 32.0 Å². The number of furan rings is 2. The highest BCUT2D eigenvalue weighted by atomic mass is 35.5. The Kier molecular flexibility index (Phi) is 6.32. The molecule has 4 aromatic rings. The van der Waals surface area contributed by atoms with E-state index >= 15 is 0 Å². The number of ketones is 1. The number of hydrogen-bond donors (Lipinski definition) is 0. The zero-order valence-electron chi connectivity index (χ0n) is 18.6. The molecule has 2 aromatic carbocycles. The number of hydrogen-bond acceptors (Lipinski definition) is 3. The molecule has 1 aliphatic carbocycles. The van der Waals surface area contributed by atoms with Gasteiger partial charge in [0.15, 0.2) is 5.78 Å². The number of carbonyl (C=O) groups excluding carboxylic acids is 1. The van der Waals surface area contributed by atoms with Crippen LogP contribution in [-0.4, -0.2) is 5.78 Å². The van der Waals surface area contributed by atoms with Crippen molar-refractivity contribution in [3.8, 4) is 22.6 Å². The maximum atomic E-state index is 13.3. The van der Waals surface area contributed by atoms with E-state index in [-0.39, 0.29) is 5.78 Å². The second-order valence-electron chi connectivity index (χ2n) is 8.55. The number of allylic oxidation sites excluding steroid dienone is 2. The number of carbonyl (C=O) groups is 1. The van der Waals surface area contributed by atoms with Gasteiger partial charge in [-0.25, -0.2) is 0 Å². The van der Waals surface area contributed by atoms with Gasteiger partial charge in [-0.1, -0.05) is 54.4 Å². The smallest absolute Gasteiger partial charge is 0.185 e. The fraction of sp³-hybridized carbons (Fsp3) is 0.138. The molecule has 0 N–H and O–H groups in total. The van der Waals surface area contributed by atoms with Crippen LogP contribution in [0.1, 0.15) is 31.3 Å². The van der Waals surface area contributed by atoms with Crippen LogP contribution in [0.2, 0.25) is 10.0 Å². The first kappa shape index (κ1) is 22.5. The average molecular weight is 489 g/mol. The molecule has 1 aliphatic rings. The Morgan fingerprint density at radius 2 is 1.15 bits per heavy atom. The first-order chi connectivity index (χ1) is 16.5. The second kappa shape index (κ2) is 9.54. The van der Waals surface area contributed by atoms with Gasteiger partial charge in [0.25, 0.3) is 0 Å². The zero-order valence-corrected chi connectivity index (χ0v) is 20.1. The summed E-state index contributed by atoms with van der Waals surface area (Å²) in [5.74, 6) is 2.95. The summed E-state index contributed by atoms with van der Waals surface area (Å²) < 4.78 is 12.0. The van der Waals surface area contributed by atoms with Crippen LogP contribution in [0.5, 0.6) is 0 Å². The molecule has 0 aliphatic heterocycles. The SMILES string of the molecule is CC1C/C(=C\c2ccc(-c3ccccc3Cl)o2)C(=O)/C(=C/c2ccc(-c3ccccc3Cl)o2)C1. The van der Waals surface area contributed by atoms with E-state index in [1.807, 2.05) is 84.9 Å². The third-order valence-corrected chi connectivity index (χ3v) is 6.54. The Labute approximate surface area is 208 Å². The highest BCUT2D eigenvalue weighted by Gasteiger charge is 2.26. The Hall–Kier alpha value is -3.27. The fourth-order valence-electron chi connectivity index (χ4n) is 4.28. The molecule has 1 fully saturated rings. The highest BCUT2D eigenvalue weighted by Crippen LogP contribution is 2.35. The molecule has 0 saturated heterocycles. The largest absolute Gasteiger partial charge is 0.457 e. The third-order valence-electron chi connectivity index (χ3n) is 5.89. The normalized spacial score (nSPS) is 18.7. The number of Topliss-reactive ketones (excluding diaryl/α,β-unsaturated/α-hetero) is 1. The summed E-state index contributed by atoms with van der Waals surface area (Å²) in [6, 6.07) is 22.5. The van der Waals surface area contributed by atoms with Gasteiger partial charge in [0.1, 0.15) is 23.0 Å². The first-order valence-corrected chi connectivity index (χ1v) is 11.9. The molecule has 0 spiro atoms. The summed E-state index contributed by atoms with van der Waals surface area (Å²) in [6.45, 7) is 2.14. The van der Waals surface area contributed by atoms with Crippen molar-refractivity contribution in [1.29, 1.82) is 0 Å². The zero-order chi connectivity index (χ0) is 23.7. The fourth-order valence-corrected chi connectivity index (χ4v) is 4.74. The van der Waals surface area contributed by atoms with Gasteiger partial charge in [0.2, 0.25) is 0 Å². The molecule has 5 rings (SSSR count). The van der Waals surface area contributed by atoms with Crippen LogP contribution < -0.4 is 0 Å². The van der Waals surface area contributed by atoms with Gasteiger partial charge in [-0.3, -0.25) is 4.79 Å². The molecule has 0 bridgehead atoms. The predicted octanol–water partition coefficient (Wildman–Crippen LogP) is 8.98. The molecule has 2 aromatic heterocycles. The lowest BCUT2D eigenvalue weighted by Gasteiger charge is -2.22. The van der Waals surface area contributed by atoms with E-state index in [0.29, 0.717) is 51.8 Å². The van der Waals surface area contributed by atoms with Crippen molar-refractivity contribution < 1.29 is 13.6 Å². The molecule has 2 heterocycles. The van der Waals surface area contributed by atoms with Crippen LogP contribution in [0.15, 0.2) is 92.8 Å².